The van der Waals surface area contributed by atoms with Crippen molar-refractivity contribution in [3.05, 3.63) is 0 Å². The first-order valence-corrected chi connectivity index (χ1v) is 6.77. The van der Waals surface area contributed by atoms with E-state index in [-0.39, 0.29) is 17.9 Å². The molecule has 0 aromatic carbocycles. The molecule has 1 unspecified atom stereocenters. The van der Waals surface area contributed by atoms with E-state index >= 15 is 0 Å². The van der Waals surface area contributed by atoms with Crippen molar-refractivity contribution in [3.8, 4) is 0 Å². The van der Waals surface area contributed by atoms with E-state index < -0.39 is 0 Å². The normalized spacial score (nSPS) is 20.4. The van der Waals surface area contributed by atoms with E-state index in [2.05, 4.69) is 5.32 Å². The van der Waals surface area contributed by atoms with Gasteiger partial charge in [-0.15, -0.1) is 0 Å². The van der Waals surface area contributed by atoms with Gasteiger partial charge in [0.25, 0.3) is 0 Å². The zero-order valence-corrected chi connectivity index (χ0v) is 10.9. The van der Waals surface area contributed by atoms with Gasteiger partial charge in [-0.05, 0) is 12.8 Å². The molecule has 0 saturated heterocycles. The van der Waals surface area contributed by atoms with Crippen LogP contribution in [-0.4, -0.2) is 32.2 Å². The third-order valence-electron chi connectivity index (χ3n) is 3.47. The molecule has 1 aliphatic carbocycles. The van der Waals surface area contributed by atoms with E-state index in [1.54, 1.807) is 7.11 Å². The number of nitrogens with one attached hydrogen (secondary N) is 1. The molecule has 4 nitrogen and oxygen atoms in total. The highest BCUT2D eigenvalue weighted by atomic mass is 16.5. The second kappa shape index (κ2) is 8.48. The van der Waals surface area contributed by atoms with Gasteiger partial charge in [0.05, 0.1) is 12.6 Å². The Hall–Kier alpha value is -0.610. The molecular weight excluding hydrogens is 216 g/mol. The zero-order chi connectivity index (χ0) is 12.5. The van der Waals surface area contributed by atoms with E-state index in [9.17, 15) is 4.79 Å². The molecule has 0 radical (unpaired) electrons. The molecule has 100 valence electrons. The van der Waals surface area contributed by atoms with Gasteiger partial charge in [-0.25, -0.2) is 0 Å². The van der Waals surface area contributed by atoms with Crippen molar-refractivity contribution in [2.24, 2.45) is 11.7 Å². The summed E-state index contributed by atoms with van der Waals surface area (Å²) in [5.74, 6) is 0.348. The second-order valence-electron chi connectivity index (χ2n) is 4.94. The van der Waals surface area contributed by atoms with Crippen molar-refractivity contribution in [1.29, 1.82) is 0 Å². The van der Waals surface area contributed by atoms with Crippen molar-refractivity contribution in [1.82, 2.24) is 5.32 Å². The molecule has 0 spiro atoms. The van der Waals surface area contributed by atoms with Crippen LogP contribution in [-0.2, 0) is 9.53 Å². The molecule has 0 bridgehead atoms. The zero-order valence-electron chi connectivity index (χ0n) is 10.9. The highest BCUT2D eigenvalue weighted by molar-refractivity contribution is 5.78. The molecule has 1 fully saturated rings. The van der Waals surface area contributed by atoms with Crippen molar-refractivity contribution in [2.45, 2.75) is 51.0 Å². The van der Waals surface area contributed by atoms with Crippen LogP contribution in [0, 0.1) is 5.92 Å². The Morgan fingerprint density at radius 3 is 2.41 bits per heavy atom. The monoisotopic (exact) mass is 242 g/mol. The molecule has 1 rings (SSSR count). The Bertz CT molecular complexity index is 213. The number of hydrogen-bond acceptors (Lipinski definition) is 3. The maximum atomic E-state index is 12.1. The van der Waals surface area contributed by atoms with Crippen LogP contribution in [0.1, 0.15) is 44.9 Å². The first kappa shape index (κ1) is 14.5. The van der Waals surface area contributed by atoms with E-state index in [1.807, 2.05) is 0 Å². The van der Waals surface area contributed by atoms with E-state index in [0.29, 0.717) is 13.2 Å². The van der Waals surface area contributed by atoms with Crippen LogP contribution in [0.25, 0.3) is 0 Å². The predicted octanol–water partition coefficient (Wildman–Crippen LogP) is 1.44. The van der Waals surface area contributed by atoms with Crippen LogP contribution in [0.4, 0.5) is 0 Å². The van der Waals surface area contributed by atoms with Gasteiger partial charge in [0, 0.05) is 19.6 Å². The molecule has 0 aliphatic heterocycles. The molecule has 4 heteroatoms. The van der Waals surface area contributed by atoms with Gasteiger partial charge in [0.2, 0.25) is 5.91 Å². The topological polar surface area (TPSA) is 64.3 Å². The summed E-state index contributed by atoms with van der Waals surface area (Å²) < 4.78 is 5.03. The average molecular weight is 242 g/mol. The smallest absolute Gasteiger partial charge is 0.223 e. The summed E-state index contributed by atoms with van der Waals surface area (Å²) in [5, 5.41) is 3.00. The Balaban J connectivity index is 2.37. The molecule has 17 heavy (non-hydrogen) atoms. The maximum absolute atomic E-state index is 12.1. The third-order valence-corrected chi connectivity index (χ3v) is 3.47. The number of ether oxygens (including phenoxy) is 1. The average Bonchev–Trinajstić information content (AvgIpc) is 2.27. The maximum Gasteiger partial charge on any atom is 0.223 e. The molecule has 1 atom stereocenters. The minimum atomic E-state index is -0.0436. The highest BCUT2D eigenvalue weighted by Gasteiger charge is 2.21. The summed E-state index contributed by atoms with van der Waals surface area (Å²) in [6, 6.07) is -0.0436. The predicted molar refractivity (Wildman–Crippen MR) is 68.7 cm³/mol. The van der Waals surface area contributed by atoms with Crippen molar-refractivity contribution in [3.63, 3.8) is 0 Å². The summed E-state index contributed by atoms with van der Waals surface area (Å²) in [6.45, 7) is 0.932. The number of amides is 1. The third kappa shape index (κ3) is 5.50. The molecule has 1 aliphatic rings. The van der Waals surface area contributed by atoms with Gasteiger partial charge in [-0.1, -0.05) is 32.1 Å². The molecular formula is C13H26N2O2. The molecule has 1 amide bonds. The van der Waals surface area contributed by atoms with E-state index in [1.165, 1.54) is 32.1 Å². The van der Waals surface area contributed by atoms with Gasteiger partial charge in [0.1, 0.15) is 0 Å². The summed E-state index contributed by atoms with van der Waals surface area (Å²) in [5.41, 5.74) is 5.60. The van der Waals surface area contributed by atoms with Crippen LogP contribution >= 0.6 is 0 Å². The Morgan fingerprint density at radius 2 is 1.88 bits per heavy atom. The van der Waals surface area contributed by atoms with Crippen molar-refractivity contribution < 1.29 is 9.53 Å². The van der Waals surface area contributed by atoms with Crippen LogP contribution in [0.15, 0.2) is 0 Å². The first-order valence-electron chi connectivity index (χ1n) is 6.77. The standard InChI is InChI=1S/C13H26N2O2/c1-17-10-12(9-14)15-13(16)11-7-5-3-2-4-6-8-11/h11-12H,2-10,14H2,1H3,(H,15,16). The van der Waals surface area contributed by atoms with Crippen LogP contribution in [0.5, 0.6) is 0 Å². The SMILES string of the molecule is COCC(CN)NC(=O)C1CCCCCCC1. The number of carbonyl (C=O) groups excluding carboxylic acids is 1. The lowest BCUT2D eigenvalue weighted by atomic mass is 9.90. The van der Waals surface area contributed by atoms with Crippen LogP contribution in [0.3, 0.4) is 0 Å². The van der Waals surface area contributed by atoms with Gasteiger partial charge < -0.3 is 15.8 Å². The van der Waals surface area contributed by atoms with E-state index in [0.717, 1.165) is 12.8 Å². The number of rotatable bonds is 5. The van der Waals surface area contributed by atoms with Gasteiger partial charge in [0.15, 0.2) is 0 Å². The van der Waals surface area contributed by atoms with Gasteiger partial charge in [-0.2, -0.15) is 0 Å². The molecule has 0 aromatic rings. The fourth-order valence-corrected chi connectivity index (χ4v) is 2.41. The number of methoxy groups -OCH3 is 1. The molecule has 0 heterocycles. The largest absolute Gasteiger partial charge is 0.383 e. The van der Waals surface area contributed by atoms with E-state index in [4.69, 9.17) is 10.5 Å². The summed E-state index contributed by atoms with van der Waals surface area (Å²) in [6.07, 6.45) is 8.26. The number of nitrogens with two attached hydrogens (primary N) is 1. The highest BCUT2D eigenvalue weighted by Crippen LogP contribution is 2.22. The van der Waals surface area contributed by atoms with Crippen molar-refractivity contribution >= 4 is 5.91 Å². The summed E-state index contributed by atoms with van der Waals surface area (Å²) >= 11 is 0. The van der Waals surface area contributed by atoms with Gasteiger partial charge >= 0.3 is 0 Å². The lowest BCUT2D eigenvalue weighted by molar-refractivity contribution is -0.126. The van der Waals surface area contributed by atoms with Gasteiger partial charge in [-0.3, -0.25) is 4.79 Å². The number of carbonyl (C=O) groups is 1. The summed E-state index contributed by atoms with van der Waals surface area (Å²) in [7, 11) is 1.63. The van der Waals surface area contributed by atoms with Crippen LogP contribution < -0.4 is 11.1 Å². The second-order valence-corrected chi connectivity index (χ2v) is 4.94. The Kier molecular flexibility index (Phi) is 7.21. The van der Waals surface area contributed by atoms with Crippen molar-refractivity contribution in [2.75, 3.05) is 20.3 Å². The number of hydrogen-bond donors (Lipinski definition) is 2. The lowest BCUT2D eigenvalue weighted by Crippen LogP contribution is -2.45. The molecule has 1 saturated carbocycles. The Morgan fingerprint density at radius 1 is 1.29 bits per heavy atom. The minimum absolute atomic E-state index is 0.0436. The molecule has 3 N–H and O–H groups in total. The quantitative estimate of drug-likeness (QED) is 0.766. The lowest BCUT2D eigenvalue weighted by Gasteiger charge is -2.22. The first-order chi connectivity index (χ1) is 8.27. The fourth-order valence-electron chi connectivity index (χ4n) is 2.41. The summed E-state index contributed by atoms with van der Waals surface area (Å²) in [4.78, 5) is 12.1. The molecule has 0 aromatic heterocycles. The Labute approximate surface area is 104 Å². The van der Waals surface area contributed by atoms with Crippen LogP contribution in [0.2, 0.25) is 0 Å². The fraction of sp³-hybridized carbons (Fsp3) is 0.923. The minimum Gasteiger partial charge on any atom is -0.383 e.